The monoisotopic (exact) mass is 274 g/mol. The van der Waals surface area contributed by atoms with Crippen molar-refractivity contribution < 1.29 is 4.92 Å². The number of aromatic nitrogens is 2. The first-order valence-electron chi connectivity index (χ1n) is 6.52. The van der Waals surface area contributed by atoms with E-state index in [2.05, 4.69) is 10.4 Å². The van der Waals surface area contributed by atoms with Gasteiger partial charge in [0.2, 0.25) is 5.82 Å². The molecule has 0 aliphatic rings. The van der Waals surface area contributed by atoms with Crippen molar-refractivity contribution in [2.75, 3.05) is 5.32 Å². The van der Waals surface area contributed by atoms with Crippen LogP contribution < -0.4 is 5.32 Å². The summed E-state index contributed by atoms with van der Waals surface area (Å²) < 4.78 is 1.53. The number of anilines is 1. The molecule has 0 atom stereocenters. The molecule has 0 aliphatic heterocycles. The summed E-state index contributed by atoms with van der Waals surface area (Å²) in [5.74, 6) is 0.451. The van der Waals surface area contributed by atoms with Gasteiger partial charge in [0.1, 0.15) is 5.69 Å². The Bertz CT molecular complexity index is 617. The van der Waals surface area contributed by atoms with E-state index in [0.717, 1.165) is 5.56 Å². The van der Waals surface area contributed by atoms with Gasteiger partial charge >= 0.3 is 5.69 Å². The van der Waals surface area contributed by atoms with Crippen LogP contribution in [0.2, 0.25) is 0 Å². The molecular weight excluding hydrogens is 256 g/mol. The van der Waals surface area contributed by atoms with Crippen molar-refractivity contribution in [3.8, 4) is 0 Å². The van der Waals surface area contributed by atoms with Crippen molar-refractivity contribution in [1.82, 2.24) is 9.78 Å². The summed E-state index contributed by atoms with van der Waals surface area (Å²) in [7, 11) is 1.71. The molecule has 0 spiro atoms. The van der Waals surface area contributed by atoms with Crippen molar-refractivity contribution in [2.45, 2.75) is 26.8 Å². The molecule has 0 radical (unpaired) electrons. The highest BCUT2D eigenvalue weighted by molar-refractivity contribution is 5.60. The van der Waals surface area contributed by atoms with Crippen molar-refractivity contribution >= 4 is 11.5 Å². The number of hydrogen-bond donors (Lipinski definition) is 1. The molecule has 2 rings (SSSR count). The molecule has 0 saturated heterocycles. The molecule has 106 valence electrons. The van der Waals surface area contributed by atoms with Crippen LogP contribution in [-0.2, 0) is 20.0 Å². The van der Waals surface area contributed by atoms with Crippen LogP contribution in [-0.4, -0.2) is 14.7 Å². The third kappa shape index (κ3) is 2.79. The fourth-order valence-electron chi connectivity index (χ4n) is 2.09. The minimum atomic E-state index is -0.372. The van der Waals surface area contributed by atoms with Gasteiger partial charge in [0.05, 0.1) is 4.92 Å². The van der Waals surface area contributed by atoms with Gasteiger partial charge in [-0.25, -0.2) is 4.68 Å². The number of nitro groups is 1. The fraction of sp³-hybridized carbons (Fsp3) is 0.357. The van der Waals surface area contributed by atoms with Gasteiger partial charge in [-0.05, 0) is 18.9 Å². The van der Waals surface area contributed by atoms with Crippen LogP contribution in [0.15, 0.2) is 24.3 Å². The quantitative estimate of drug-likeness (QED) is 0.672. The van der Waals surface area contributed by atoms with E-state index in [1.165, 1.54) is 10.2 Å². The number of aryl methyl sites for hydroxylation is 3. The minimum Gasteiger partial charge on any atom is -0.360 e. The molecule has 0 aliphatic carbocycles. The summed E-state index contributed by atoms with van der Waals surface area (Å²) >= 11 is 0. The number of nitrogens with one attached hydrogen (secondary N) is 1. The van der Waals surface area contributed by atoms with E-state index < -0.39 is 0 Å². The molecule has 1 N–H and O–H groups in total. The minimum absolute atomic E-state index is 0.0714. The third-order valence-corrected chi connectivity index (χ3v) is 3.19. The first-order valence-corrected chi connectivity index (χ1v) is 6.52. The van der Waals surface area contributed by atoms with Crippen LogP contribution in [0, 0.1) is 17.0 Å². The molecule has 0 unspecified atom stereocenters. The van der Waals surface area contributed by atoms with Crippen molar-refractivity contribution in [1.29, 1.82) is 0 Å². The van der Waals surface area contributed by atoms with Crippen LogP contribution in [0.3, 0.4) is 0 Å². The summed E-state index contributed by atoms with van der Waals surface area (Å²) in [6.45, 7) is 4.42. The molecule has 1 aromatic heterocycles. The van der Waals surface area contributed by atoms with E-state index in [1.807, 2.05) is 38.1 Å². The van der Waals surface area contributed by atoms with Crippen LogP contribution in [0.25, 0.3) is 0 Å². The molecule has 2 aromatic rings. The Morgan fingerprint density at radius 1 is 1.35 bits per heavy atom. The lowest BCUT2D eigenvalue weighted by molar-refractivity contribution is -0.384. The lowest BCUT2D eigenvalue weighted by Crippen LogP contribution is -2.06. The molecule has 0 bridgehead atoms. The van der Waals surface area contributed by atoms with Gasteiger partial charge in [-0.1, -0.05) is 36.8 Å². The number of hydrogen-bond acceptors (Lipinski definition) is 4. The third-order valence-electron chi connectivity index (χ3n) is 3.19. The molecule has 0 amide bonds. The predicted octanol–water partition coefficient (Wildman–Crippen LogP) is 2.81. The van der Waals surface area contributed by atoms with Crippen LogP contribution in [0.5, 0.6) is 0 Å². The van der Waals surface area contributed by atoms with Gasteiger partial charge in [0, 0.05) is 13.6 Å². The summed E-state index contributed by atoms with van der Waals surface area (Å²) in [5, 5.41) is 18.5. The second-order valence-corrected chi connectivity index (χ2v) is 4.72. The zero-order chi connectivity index (χ0) is 14.7. The largest absolute Gasteiger partial charge is 0.360 e. The van der Waals surface area contributed by atoms with Gasteiger partial charge in [-0.2, -0.15) is 5.10 Å². The van der Waals surface area contributed by atoms with Gasteiger partial charge < -0.3 is 5.32 Å². The standard InChI is InChI=1S/C14H18N4O2/c1-4-12-13(18(19)20)14(17(3)16-12)15-9-11-7-5-10(2)6-8-11/h5-8,15H,4,9H2,1-3H3. The summed E-state index contributed by atoms with van der Waals surface area (Å²) in [5.41, 5.74) is 2.84. The Morgan fingerprint density at radius 2 is 2.00 bits per heavy atom. The maximum absolute atomic E-state index is 11.2. The number of benzene rings is 1. The van der Waals surface area contributed by atoms with Crippen molar-refractivity contribution in [2.24, 2.45) is 7.05 Å². The maximum Gasteiger partial charge on any atom is 0.333 e. The van der Waals surface area contributed by atoms with Crippen molar-refractivity contribution in [3.05, 3.63) is 51.2 Å². The predicted molar refractivity (Wildman–Crippen MR) is 77.7 cm³/mol. The summed E-state index contributed by atoms with van der Waals surface area (Å²) in [6, 6.07) is 8.05. The first kappa shape index (κ1) is 14.0. The number of nitrogens with zero attached hydrogens (tertiary/aromatic N) is 3. The normalized spacial score (nSPS) is 10.6. The fourth-order valence-corrected chi connectivity index (χ4v) is 2.09. The molecule has 6 heteroatoms. The van der Waals surface area contributed by atoms with Gasteiger partial charge in [-0.15, -0.1) is 0 Å². The molecule has 1 heterocycles. The topological polar surface area (TPSA) is 73.0 Å². The zero-order valence-corrected chi connectivity index (χ0v) is 11.9. The van der Waals surface area contributed by atoms with Gasteiger partial charge in [0.15, 0.2) is 0 Å². The zero-order valence-electron chi connectivity index (χ0n) is 11.9. The van der Waals surface area contributed by atoms with Crippen LogP contribution in [0.4, 0.5) is 11.5 Å². The Hall–Kier alpha value is -2.37. The summed E-state index contributed by atoms with van der Waals surface area (Å²) in [4.78, 5) is 10.8. The van der Waals surface area contributed by atoms with Gasteiger partial charge in [0.25, 0.3) is 0 Å². The first-order chi connectivity index (χ1) is 9.52. The van der Waals surface area contributed by atoms with Crippen molar-refractivity contribution in [3.63, 3.8) is 0 Å². The highest BCUT2D eigenvalue weighted by Gasteiger charge is 2.25. The molecule has 20 heavy (non-hydrogen) atoms. The average Bonchev–Trinajstić information content (AvgIpc) is 2.74. The molecular formula is C14H18N4O2. The molecule has 0 saturated carbocycles. The Balaban J connectivity index is 2.22. The maximum atomic E-state index is 11.2. The second-order valence-electron chi connectivity index (χ2n) is 4.72. The van der Waals surface area contributed by atoms with E-state index in [4.69, 9.17) is 0 Å². The lowest BCUT2D eigenvalue weighted by Gasteiger charge is -2.06. The SMILES string of the molecule is CCc1nn(C)c(NCc2ccc(C)cc2)c1[N+](=O)[O-]. The van der Waals surface area contributed by atoms with E-state index in [-0.39, 0.29) is 10.6 Å². The highest BCUT2D eigenvalue weighted by atomic mass is 16.6. The second kappa shape index (κ2) is 5.73. The molecule has 0 fully saturated rings. The number of rotatable bonds is 5. The van der Waals surface area contributed by atoms with Crippen LogP contribution in [0.1, 0.15) is 23.7 Å². The Morgan fingerprint density at radius 3 is 2.55 bits per heavy atom. The highest BCUT2D eigenvalue weighted by Crippen LogP contribution is 2.28. The van der Waals surface area contributed by atoms with E-state index in [9.17, 15) is 10.1 Å². The molecule has 1 aromatic carbocycles. The summed E-state index contributed by atoms with van der Waals surface area (Å²) in [6.07, 6.45) is 0.538. The van der Waals surface area contributed by atoms with Crippen LogP contribution >= 0.6 is 0 Å². The lowest BCUT2D eigenvalue weighted by atomic mass is 10.1. The van der Waals surface area contributed by atoms with Gasteiger partial charge in [-0.3, -0.25) is 10.1 Å². The average molecular weight is 274 g/mol. The smallest absolute Gasteiger partial charge is 0.333 e. The Labute approximate surface area is 117 Å². The van der Waals surface area contributed by atoms with E-state index in [0.29, 0.717) is 24.5 Å². The molecule has 6 nitrogen and oxygen atoms in total. The Kier molecular flexibility index (Phi) is 4.02. The van der Waals surface area contributed by atoms with E-state index >= 15 is 0 Å². The van der Waals surface area contributed by atoms with E-state index in [1.54, 1.807) is 7.05 Å².